The number of nitrogens with one attached hydrogen (secondary N) is 1. The molecule has 1 rings (SSSR count). The fourth-order valence-electron chi connectivity index (χ4n) is 1.29. The second kappa shape index (κ2) is 6.89. The first kappa shape index (κ1) is 12.4. The quantitative estimate of drug-likeness (QED) is 0.778. The van der Waals surface area contributed by atoms with Crippen molar-refractivity contribution in [3.8, 4) is 0 Å². The monoisotopic (exact) mass is 201 g/mol. The topological polar surface area (TPSA) is 32.3 Å². The molecule has 0 spiro atoms. The van der Waals surface area contributed by atoms with Crippen LogP contribution in [0.15, 0.2) is 30.3 Å². The van der Waals surface area contributed by atoms with Gasteiger partial charge in [-0.25, -0.2) is 0 Å². The zero-order valence-electron chi connectivity index (χ0n) is 7.73. The summed E-state index contributed by atoms with van der Waals surface area (Å²) < 4.78 is 0. The molecule has 3 heteroatoms. The predicted molar refractivity (Wildman–Crippen MR) is 57.2 cm³/mol. The van der Waals surface area contributed by atoms with Crippen LogP contribution in [0.25, 0.3) is 0 Å². The van der Waals surface area contributed by atoms with Gasteiger partial charge < -0.3 is 10.4 Å². The predicted octanol–water partition coefficient (Wildman–Crippen LogP) is 1.75. The summed E-state index contributed by atoms with van der Waals surface area (Å²) in [6.07, 6.45) is 0.764. The molecular formula is C10H16ClNO. The maximum absolute atomic E-state index is 8.79. The van der Waals surface area contributed by atoms with Gasteiger partial charge in [0.2, 0.25) is 0 Å². The SMILES string of the molecule is CNC(CCO)c1ccccc1.Cl. The summed E-state index contributed by atoms with van der Waals surface area (Å²) in [5.74, 6) is 0. The molecule has 0 aliphatic carbocycles. The van der Waals surface area contributed by atoms with Crippen LogP contribution in [0.1, 0.15) is 18.0 Å². The third kappa shape index (κ3) is 3.77. The molecule has 0 heterocycles. The van der Waals surface area contributed by atoms with Gasteiger partial charge in [-0.2, -0.15) is 0 Å². The lowest BCUT2D eigenvalue weighted by Crippen LogP contribution is -2.17. The van der Waals surface area contributed by atoms with Crippen molar-refractivity contribution in [3.63, 3.8) is 0 Å². The summed E-state index contributed by atoms with van der Waals surface area (Å²) in [5.41, 5.74) is 1.23. The molecule has 1 aromatic rings. The molecule has 74 valence electrons. The van der Waals surface area contributed by atoms with Crippen molar-refractivity contribution in [1.29, 1.82) is 0 Å². The molecule has 1 aromatic carbocycles. The highest BCUT2D eigenvalue weighted by Crippen LogP contribution is 2.14. The van der Waals surface area contributed by atoms with E-state index in [0.717, 1.165) is 6.42 Å². The van der Waals surface area contributed by atoms with Gasteiger partial charge in [-0.05, 0) is 19.0 Å². The van der Waals surface area contributed by atoms with Gasteiger partial charge in [0.15, 0.2) is 0 Å². The molecule has 0 amide bonds. The van der Waals surface area contributed by atoms with E-state index in [2.05, 4.69) is 17.4 Å². The molecule has 0 aromatic heterocycles. The highest BCUT2D eigenvalue weighted by atomic mass is 35.5. The second-order valence-corrected chi connectivity index (χ2v) is 2.76. The molecule has 1 atom stereocenters. The molecule has 0 bridgehead atoms. The standard InChI is InChI=1S/C10H15NO.ClH/c1-11-10(7-8-12)9-5-3-2-4-6-9;/h2-6,10-12H,7-8H2,1H3;1H. The van der Waals surface area contributed by atoms with Gasteiger partial charge in [0.1, 0.15) is 0 Å². The highest BCUT2D eigenvalue weighted by Gasteiger charge is 2.05. The van der Waals surface area contributed by atoms with Crippen LogP contribution in [0.3, 0.4) is 0 Å². The van der Waals surface area contributed by atoms with Gasteiger partial charge in [-0.15, -0.1) is 12.4 Å². The van der Waals surface area contributed by atoms with Gasteiger partial charge in [-0.3, -0.25) is 0 Å². The minimum absolute atomic E-state index is 0. The zero-order valence-corrected chi connectivity index (χ0v) is 8.55. The Balaban J connectivity index is 0.00000144. The van der Waals surface area contributed by atoms with Crippen molar-refractivity contribution in [2.45, 2.75) is 12.5 Å². The third-order valence-electron chi connectivity index (χ3n) is 1.97. The summed E-state index contributed by atoms with van der Waals surface area (Å²) in [7, 11) is 1.91. The van der Waals surface area contributed by atoms with Crippen molar-refractivity contribution in [2.24, 2.45) is 0 Å². The van der Waals surface area contributed by atoms with E-state index < -0.39 is 0 Å². The van der Waals surface area contributed by atoms with E-state index >= 15 is 0 Å². The lowest BCUT2D eigenvalue weighted by molar-refractivity contribution is 0.269. The molecule has 0 saturated heterocycles. The maximum Gasteiger partial charge on any atom is 0.0449 e. The van der Waals surface area contributed by atoms with Crippen molar-refractivity contribution in [3.05, 3.63) is 35.9 Å². The Hall–Kier alpha value is -0.570. The van der Waals surface area contributed by atoms with E-state index in [9.17, 15) is 0 Å². The molecule has 0 radical (unpaired) electrons. The van der Waals surface area contributed by atoms with E-state index in [4.69, 9.17) is 5.11 Å². The van der Waals surface area contributed by atoms with E-state index in [1.807, 2.05) is 25.2 Å². The Morgan fingerprint density at radius 3 is 2.38 bits per heavy atom. The Morgan fingerprint density at radius 2 is 1.92 bits per heavy atom. The first-order valence-corrected chi connectivity index (χ1v) is 4.21. The smallest absolute Gasteiger partial charge is 0.0449 e. The van der Waals surface area contributed by atoms with Gasteiger partial charge in [0.25, 0.3) is 0 Å². The van der Waals surface area contributed by atoms with Crippen LogP contribution >= 0.6 is 12.4 Å². The van der Waals surface area contributed by atoms with Crippen LogP contribution < -0.4 is 5.32 Å². The van der Waals surface area contributed by atoms with Crippen LogP contribution in [0.2, 0.25) is 0 Å². The Kier molecular flexibility index (Phi) is 6.59. The lowest BCUT2D eigenvalue weighted by atomic mass is 10.0. The minimum Gasteiger partial charge on any atom is -0.396 e. The lowest BCUT2D eigenvalue weighted by Gasteiger charge is -2.14. The summed E-state index contributed by atoms with van der Waals surface area (Å²) >= 11 is 0. The van der Waals surface area contributed by atoms with E-state index in [-0.39, 0.29) is 25.1 Å². The molecule has 13 heavy (non-hydrogen) atoms. The zero-order chi connectivity index (χ0) is 8.81. The average Bonchev–Trinajstić information content (AvgIpc) is 2.15. The largest absolute Gasteiger partial charge is 0.396 e. The number of halogens is 1. The molecule has 2 N–H and O–H groups in total. The fourth-order valence-corrected chi connectivity index (χ4v) is 1.29. The second-order valence-electron chi connectivity index (χ2n) is 2.76. The minimum atomic E-state index is 0. The van der Waals surface area contributed by atoms with Crippen LogP contribution in [0, 0.1) is 0 Å². The number of aliphatic hydroxyl groups is 1. The van der Waals surface area contributed by atoms with Gasteiger partial charge >= 0.3 is 0 Å². The molecule has 2 nitrogen and oxygen atoms in total. The number of benzene rings is 1. The summed E-state index contributed by atoms with van der Waals surface area (Å²) in [6.45, 7) is 0.223. The van der Waals surface area contributed by atoms with Crippen molar-refractivity contribution in [1.82, 2.24) is 5.32 Å². The maximum atomic E-state index is 8.79. The summed E-state index contributed by atoms with van der Waals surface area (Å²) in [4.78, 5) is 0. The Bertz CT molecular complexity index is 215. The molecular weight excluding hydrogens is 186 g/mol. The Labute approximate surface area is 85.4 Å². The number of rotatable bonds is 4. The van der Waals surface area contributed by atoms with Crippen molar-refractivity contribution >= 4 is 12.4 Å². The van der Waals surface area contributed by atoms with Gasteiger partial charge in [-0.1, -0.05) is 30.3 Å². The van der Waals surface area contributed by atoms with E-state index in [1.165, 1.54) is 5.56 Å². The normalized spacial score (nSPS) is 11.8. The molecule has 0 saturated carbocycles. The van der Waals surface area contributed by atoms with Crippen LogP contribution in [-0.2, 0) is 0 Å². The van der Waals surface area contributed by atoms with Crippen LogP contribution in [0.4, 0.5) is 0 Å². The summed E-state index contributed by atoms with van der Waals surface area (Å²) in [5, 5.41) is 11.9. The molecule has 0 aliphatic rings. The van der Waals surface area contributed by atoms with E-state index in [0.29, 0.717) is 0 Å². The van der Waals surface area contributed by atoms with Crippen molar-refractivity contribution < 1.29 is 5.11 Å². The van der Waals surface area contributed by atoms with Gasteiger partial charge in [0, 0.05) is 12.6 Å². The highest BCUT2D eigenvalue weighted by molar-refractivity contribution is 5.85. The average molecular weight is 202 g/mol. The van der Waals surface area contributed by atoms with Crippen LogP contribution in [-0.4, -0.2) is 18.8 Å². The number of aliphatic hydroxyl groups excluding tert-OH is 1. The van der Waals surface area contributed by atoms with Crippen LogP contribution in [0.5, 0.6) is 0 Å². The molecule has 0 aliphatic heterocycles. The number of hydrogen-bond donors (Lipinski definition) is 2. The van der Waals surface area contributed by atoms with Crippen molar-refractivity contribution in [2.75, 3.05) is 13.7 Å². The summed E-state index contributed by atoms with van der Waals surface area (Å²) in [6, 6.07) is 10.4. The first-order valence-electron chi connectivity index (χ1n) is 4.21. The number of hydrogen-bond acceptors (Lipinski definition) is 2. The fraction of sp³-hybridized carbons (Fsp3) is 0.400. The Morgan fingerprint density at radius 1 is 1.31 bits per heavy atom. The van der Waals surface area contributed by atoms with E-state index in [1.54, 1.807) is 0 Å². The third-order valence-corrected chi connectivity index (χ3v) is 1.97. The first-order chi connectivity index (χ1) is 5.88. The molecule has 1 unspecified atom stereocenters. The molecule has 0 fully saturated rings. The van der Waals surface area contributed by atoms with Gasteiger partial charge in [0.05, 0.1) is 0 Å².